The predicted molar refractivity (Wildman–Crippen MR) is 134 cm³/mol. The third kappa shape index (κ3) is 6.23. The van der Waals surface area contributed by atoms with E-state index in [2.05, 4.69) is 0 Å². The van der Waals surface area contributed by atoms with Crippen molar-refractivity contribution < 1.29 is 74.8 Å². The molecule has 224 valence electrons. The van der Waals surface area contributed by atoms with Crippen molar-refractivity contribution in [2.45, 2.75) is 55.3 Å². The standard InChI is InChI=1S/C26H30O15/c27-8-16-20(34)22(36)26(39-16)41-24-17(9-28)40-25(23(37)21(24)35)38-15-6-3-11(18(32)19(15)33)12(29)4-1-10-2-5-13(30)14(31)7-10/h1-7,16-17,20-28,30-37H,8-9H2/b4-1+/t16-,17+,20+,21-,22-,23-,24-,25-,26-/m1/s1. The molecule has 0 radical (unpaired) electrons. The molecule has 2 saturated heterocycles. The van der Waals surface area contributed by atoms with Crippen LogP contribution in [-0.4, -0.2) is 125 Å². The lowest BCUT2D eigenvalue weighted by molar-refractivity contribution is -0.315. The van der Waals surface area contributed by atoms with E-state index in [4.69, 9.17) is 18.9 Å². The molecule has 9 atom stereocenters. The van der Waals surface area contributed by atoms with Crippen molar-refractivity contribution in [3.05, 3.63) is 47.5 Å². The van der Waals surface area contributed by atoms with Gasteiger partial charge in [0.2, 0.25) is 12.0 Å². The highest BCUT2D eigenvalue weighted by atomic mass is 16.7. The Balaban J connectivity index is 1.45. The minimum atomic E-state index is -1.87. The highest BCUT2D eigenvalue weighted by Gasteiger charge is 2.51. The molecule has 0 aliphatic carbocycles. The fourth-order valence-corrected chi connectivity index (χ4v) is 4.34. The van der Waals surface area contributed by atoms with Crippen molar-refractivity contribution in [2.75, 3.05) is 13.2 Å². The van der Waals surface area contributed by atoms with Gasteiger partial charge in [0.15, 0.2) is 35.1 Å². The Morgan fingerprint density at radius 1 is 0.780 bits per heavy atom. The summed E-state index contributed by atoms with van der Waals surface area (Å²) in [6.07, 6.45) is -11.8. The van der Waals surface area contributed by atoms with Crippen molar-refractivity contribution in [1.29, 1.82) is 0 Å². The predicted octanol–water partition coefficient (Wildman–Crippen LogP) is -1.95. The van der Waals surface area contributed by atoms with Crippen LogP contribution < -0.4 is 4.74 Å². The molecule has 0 amide bonds. The van der Waals surface area contributed by atoms with Gasteiger partial charge in [0.1, 0.15) is 42.7 Å². The van der Waals surface area contributed by atoms with Gasteiger partial charge in [0.05, 0.1) is 18.8 Å². The number of phenols is 4. The smallest absolute Gasteiger partial charge is 0.229 e. The van der Waals surface area contributed by atoms with E-state index in [0.717, 1.165) is 18.2 Å². The Bertz CT molecular complexity index is 1260. The number of carbonyl (C=O) groups excluding carboxylic acids is 1. The number of hydrogen-bond donors (Lipinski definition) is 10. The summed E-state index contributed by atoms with van der Waals surface area (Å²) in [6.45, 7) is -1.41. The summed E-state index contributed by atoms with van der Waals surface area (Å²) in [4.78, 5) is 12.6. The molecule has 0 spiro atoms. The Hall–Kier alpha value is -3.51. The maximum atomic E-state index is 12.6. The quantitative estimate of drug-likeness (QED) is 0.0875. The lowest BCUT2D eigenvalue weighted by Crippen LogP contribution is -2.62. The Morgan fingerprint density at radius 2 is 1.44 bits per heavy atom. The van der Waals surface area contributed by atoms with Crippen molar-refractivity contribution in [2.24, 2.45) is 0 Å². The zero-order valence-corrected chi connectivity index (χ0v) is 21.2. The number of rotatable bonds is 9. The van der Waals surface area contributed by atoms with Gasteiger partial charge < -0.3 is 70.0 Å². The number of aliphatic hydroxyl groups excluding tert-OH is 6. The van der Waals surface area contributed by atoms with E-state index < -0.39 is 97.3 Å². The zero-order valence-electron chi connectivity index (χ0n) is 21.2. The fraction of sp³-hybridized carbons (Fsp3) is 0.423. The normalized spacial score (nSPS) is 31.9. The molecule has 2 fully saturated rings. The maximum absolute atomic E-state index is 12.6. The van der Waals surface area contributed by atoms with Gasteiger partial charge in [-0.15, -0.1) is 0 Å². The van der Waals surface area contributed by atoms with Crippen LogP contribution >= 0.6 is 0 Å². The molecule has 0 unspecified atom stereocenters. The zero-order chi connectivity index (χ0) is 30.0. The number of aromatic hydroxyl groups is 4. The summed E-state index contributed by atoms with van der Waals surface area (Å²) in [7, 11) is 0. The third-order valence-electron chi connectivity index (χ3n) is 6.66. The molecule has 15 nitrogen and oxygen atoms in total. The Labute approximate surface area is 231 Å². The minimum absolute atomic E-state index is 0.334. The second-order valence-corrected chi connectivity index (χ2v) is 9.39. The number of aliphatic hydroxyl groups is 6. The molecule has 2 aromatic carbocycles. The Morgan fingerprint density at radius 3 is 2.07 bits per heavy atom. The number of phenolic OH excluding ortho intramolecular Hbond substituents is 4. The van der Waals surface area contributed by atoms with Crippen LogP contribution in [0.1, 0.15) is 15.9 Å². The molecule has 2 aliphatic rings. The van der Waals surface area contributed by atoms with Crippen LogP contribution in [-0.2, 0) is 14.2 Å². The van der Waals surface area contributed by atoms with Crippen molar-refractivity contribution >= 4 is 11.9 Å². The van der Waals surface area contributed by atoms with E-state index in [1.54, 1.807) is 0 Å². The van der Waals surface area contributed by atoms with Gasteiger partial charge in [0.25, 0.3) is 0 Å². The summed E-state index contributed by atoms with van der Waals surface area (Å²) in [6, 6.07) is 6.02. The van der Waals surface area contributed by atoms with E-state index >= 15 is 0 Å². The molecule has 0 aromatic heterocycles. The summed E-state index contributed by atoms with van der Waals surface area (Å²) in [5.74, 6) is -3.73. The lowest BCUT2D eigenvalue weighted by atomic mass is 9.98. The van der Waals surface area contributed by atoms with Crippen molar-refractivity contribution in [3.8, 4) is 28.7 Å². The number of ether oxygens (including phenoxy) is 4. The molecule has 0 bridgehead atoms. The molecular weight excluding hydrogens is 552 g/mol. The molecule has 2 aliphatic heterocycles. The van der Waals surface area contributed by atoms with Gasteiger partial charge in [0, 0.05) is 0 Å². The highest BCUT2D eigenvalue weighted by Crippen LogP contribution is 2.40. The Kier molecular flexibility index (Phi) is 9.33. The lowest BCUT2D eigenvalue weighted by Gasteiger charge is -2.42. The van der Waals surface area contributed by atoms with Gasteiger partial charge in [-0.1, -0.05) is 12.1 Å². The molecular formula is C26H30O15. The van der Waals surface area contributed by atoms with Crippen LogP contribution in [0.5, 0.6) is 28.7 Å². The summed E-state index contributed by atoms with van der Waals surface area (Å²) in [5.41, 5.74) is 0.0258. The summed E-state index contributed by atoms with van der Waals surface area (Å²) in [5, 5.41) is 100. The topological polar surface area (TPSA) is 256 Å². The van der Waals surface area contributed by atoms with Crippen LogP contribution in [0.3, 0.4) is 0 Å². The van der Waals surface area contributed by atoms with Crippen molar-refractivity contribution in [3.63, 3.8) is 0 Å². The van der Waals surface area contributed by atoms with E-state index in [0.29, 0.717) is 5.56 Å². The number of allylic oxidation sites excluding steroid dienone is 1. The van der Waals surface area contributed by atoms with Crippen LogP contribution in [0.4, 0.5) is 0 Å². The third-order valence-corrected chi connectivity index (χ3v) is 6.66. The van der Waals surface area contributed by atoms with Crippen LogP contribution in [0, 0.1) is 0 Å². The second kappa shape index (κ2) is 12.6. The fourth-order valence-electron chi connectivity index (χ4n) is 4.34. The average Bonchev–Trinajstić information content (AvgIpc) is 3.23. The number of carbonyl (C=O) groups is 1. The molecule has 15 heteroatoms. The molecule has 0 saturated carbocycles. The van der Waals surface area contributed by atoms with E-state index in [-0.39, 0.29) is 11.3 Å². The minimum Gasteiger partial charge on any atom is -0.504 e. The molecule has 41 heavy (non-hydrogen) atoms. The van der Waals surface area contributed by atoms with Crippen molar-refractivity contribution in [1.82, 2.24) is 0 Å². The van der Waals surface area contributed by atoms with Gasteiger partial charge in [-0.05, 0) is 35.9 Å². The van der Waals surface area contributed by atoms with Gasteiger partial charge in [-0.3, -0.25) is 4.79 Å². The van der Waals surface area contributed by atoms with E-state index in [1.807, 2.05) is 0 Å². The monoisotopic (exact) mass is 582 g/mol. The highest BCUT2D eigenvalue weighted by molar-refractivity contribution is 6.09. The van der Waals surface area contributed by atoms with Crippen LogP contribution in [0.15, 0.2) is 36.4 Å². The van der Waals surface area contributed by atoms with Gasteiger partial charge >= 0.3 is 0 Å². The molecule has 4 rings (SSSR count). The van der Waals surface area contributed by atoms with E-state index in [1.165, 1.54) is 24.3 Å². The first-order valence-corrected chi connectivity index (χ1v) is 12.3. The summed E-state index contributed by atoms with van der Waals surface area (Å²) >= 11 is 0. The van der Waals surface area contributed by atoms with Crippen LogP contribution in [0.25, 0.3) is 6.08 Å². The SMILES string of the molecule is O=C(/C=C/c1ccc(O)c(O)c1)c1ccc(O[C@@H]2O[C@@H](CO)[C@@H](O[C@H]3O[C@H](CO)[C@H](O)[C@H]3O)[C@H](O)[C@H]2O)c(O)c1O. The molecule has 2 heterocycles. The second-order valence-electron chi connectivity index (χ2n) is 9.39. The van der Waals surface area contributed by atoms with Gasteiger partial charge in [-0.25, -0.2) is 0 Å². The first kappa shape index (κ1) is 30.4. The molecule has 2 aromatic rings. The number of benzene rings is 2. The van der Waals surface area contributed by atoms with Gasteiger partial charge in [-0.2, -0.15) is 0 Å². The average molecular weight is 583 g/mol. The number of ketones is 1. The largest absolute Gasteiger partial charge is 0.504 e. The van der Waals surface area contributed by atoms with E-state index in [9.17, 15) is 55.9 Å². The maximum Gasteiger partial charge on any atom is 0.229 e. The first-order valence-electron chi connectivity index (χ1n) is 12.3. The summed E-state index contributed by atoms with van der Waals surface area (Å²) < 4.78 is 21.5. The molecule has 10 N–H and O–H groups in total. The first-order chi connectivity index (χ1) is 19.5. The number of hydrogen-bond acceptors (Lipinski definition) is 15. The van der Waals surface area contributed by atoms with Crippen LogP contribution in [0.2, 0.25) is 0 Å².